The Morgan fingerprint density at radius 1 is 1.21 bits per heavy atom. The maximum Gasteiger partial charge on any atom is 0.249 e. The van der Waals surface area contributed by atoms with Crippen molar-refractivity contribution in [1.29, 1.82) is 0 Å². The first-order valence-corrected chi connectivity index (χ1v) is 9.67. The SMILES string of the molecule is Cc1cc(C)c2sc(=NC(=O)CCSc3ccccc3)n(C)c2c1. The second kappa shape index (κ2) is 7.36. The molecular formula is C19H20N2OS2. The molecule has 0 aliphatic carbocycles. The number of aryl methyl sites for hydroxylation is 3. The van der Waals surface area contributed by atoms with Crippen molar-refractivity contribution >= 4 is 39.2 Å². The van der Waals surface area contributed by atoms with E-state index in [2.05, 4.69) is 43.1 Å². The molecule has 3 aromatic rings. The monoisotopic (exact) mass is 356 g/mol. The van der Waals surface area contributed by atoms with Crippen LogP contribution in [0.3, 0.4) is 0 Å². The zero-order valence-corrected chi connectivity index (χ0v) is 15.7. The van der Waals surface area contributed by atoms with Crippen LogP contribution >= 0.6 is 23.1 Å². The molecule has 3 rings (SSSR count). The van der Waals surface area contributed by atoms with E-state index < -0.39 is 0 Å². The third kappa shape index (κ3) is 3.79. The average Bonchev–Trinajstić information content (AvgIpc) is 2.85. The lowest BCUT2D eigenvalue weighted by Gasteiger charge is -2.00. The van der Waals surface area contributed by atoms with Crippen LogP contribution in [0.1, 0.15) is 17.5 Å². The zero-order valence-electron chi connectivity index (χ0n) is 14.1. The molecule has 0 radical (unpaired) electrons. The topological polar surface area (TPSA) is 34.4 Å². The highest BCUT2D eigenvalue weighted by molar-refractivity contribution is 7.99. The van der Waals surface area contributed by atoms with Gasteiger partial charge in [-0.1, -0.05) is 35.6 Å². The van der Waals surface area contributed by atoms with Crippen molar-refractivity contribution in [2.45, 2.75) is 25.2 Å². The van der Waals surface area contributed by atoms with E-state index in [4.69, 9.17) is 0 Å². The Kier molecular flexibility index (Phi) is 5.21. The summed E-state index contributed by atoms with van der Waals surface area (Å²) in [5.74, 6) is 0.689. The van der Waals surface area contributed by atoms with Gasteiger partial charge in [-0.3, -0.25) is 4.79 Å². The van der Waals surface area contributed by atoms with Gasteiger partial charge in [0.15, 0.2) is 4.80 Å². The number of fused-ring (bicyclic) bond motifs is 1. The predicted octanol–water partition coefficient (Wildman–Crippen LogP) is 4.47. The number of carbonyl (C=O) groups excluding carboxylic acids is 1. The average molecular weight is 357 g/mol. The molecule has 0 fully saturated rings. The minimum absolute atomic E-state index is 0.0602. The van der Waals surface area contributed by atoms with Crippen molar-refractivity contribution in [3.8, 4) is 0 Å². The van der Waals surface area contributed by atoms with Crippen LogP contribution in [0.5, 0.6) is 0 Å². The Morgan fingerprint density at radius 2 is 1.96 bits per heavy atom. The summed E-state index contributed by atoms with van der Waals surface area (Å²) < 4.78 is 3.22. The molecule has 24 heavy (non-hydrogen) atoms. The normalized spacial score (nSPS) is 12.0. The van der Waals surface area contributed by atoms with Crippen LogP contribution in [-0.2, 0) is 11.8 Å². The molecule has 0 atom stereocenters. The van der Waals surface area contributed by atoms with Crippen molar-refractivity contribution in [1.82, 2.24) is 4.57 Å². The Balaban J connectivity index is 1.76. The van der Waals surface area contributed by atoms with Gasteiger partial charge in [-0.15, -0.1) is 11.8 Å². The third-order valence-electron chi connectivity index (χ3n) is 3.79. The summed E-state index contributed by atoms with van der Waals surface area (Å²) in [4.78, 5) is 18.5. The summed E-state index contributed by atoms with van der Waals surface area (Å²) >= 11 is 3.27. The summed E-state index contributed by atoms with van der Waals surface area (Å²) in [5, 5.41) is 0. The van der Waals surface area contributed by atoms with Crippen LogP contribution in [-0.4, -0.2) is 16.2 Å². The van der Waals surface area contributed by atoms with Crippen LogP contribution in [0.15, 0.2) is 52.4 Å². The van der Waals surface area contributed by atoms with Crippen LogP contribution < -0.4 is 4.80 Å². The molecule has 1 amide bonds. The van der Waals surface area contributed by atoms with Crippen molar-refractivity contribution in [2.24, 2.45) is 12.0 Å². The largest absolute Gasteiger partial charge is 0.319 e. The first-order chi connectivity index (χ1) is 11.5. The molecule has 1 heterocycles. The zero-order chi connectivity index (χ0) is 17.1. The highest BCUT2D eigenvalue weighted by Crippen LogP contribution is 2.22. The van der Waals surface area contributed by atoms with Gasteiger partial charge in [0, 0.05) is 24.1 Å². The van der Waals surface area contributed by atoms with Crippen LogP contribution in [0.4, 0.5) is 0 Å². The van der Waals surface area contributed by atoms with Gasteiger partial charge in [0.2, 0.25) is 5.91 Å². The van der Waals surface area contributed by atoms with E-state index in [1.807, 2.05) is 29.8 Å². The highest BCUT2D eigenvalue weighted by atomic mass is 32.2. The molecule has 2 aromatic carbocycles. The maximum atomic E-state index is 12.2. The molecule has 0 unspecified atom stereocenters. The molecule has 0 bridgehead atoms. The van der Waals surface area contributed by atoms with Crippen molar-refractivity contribution in [2.75, 3.05) is 5.75 Å². The lowest BCUT2D eigenvalue weighted by molar-refractivity contribution is -0.117. The van der Waals surface area contributed by atoms with Crippen LogP contribution in [0.2, 0.25) is 0 Å². The van der Waals surface area contributed by atoms with E-state index in [0.717, 1.165) is 16.1 Å². The molecule has 0 N–H and O–H groups in total. The fourth-order valence-electron chi connectivity index (χ4n) is 2.61. The molecular weight excluding hydrogens is 336 g/mol. The van der Waals surface area contributed by atoms with Crippen molar-refractivity contribution in [3.63, 3.8) is 0 Å². The molecule has 124 valence electrons. The Labute approximate surface area is 150 Å². The molecule has 3 nitrogen and oxygen atoms in total. The minimum Gasteiger partial charge on any atom is -0.319 e. The van der Waals surface area contributed by atoms with Crippen molar-refractivity contribution < 1.29 is 4.79 Å². The number of hydrogen-bond acceptors (Lipinski definition) is 3. The van der Waals surface area contributed by atoms with Gasteiger partial charge >= 0.3 is 0 Å². The van der Waals surface area contributed by atoms with Gasteiger partial charge in [-0.05, 0) is 43.2 Å². The van der Waals surface area contributed by atoms with E-state index in [0.29, 0.717) is 6.42 Å². The molecule has 0 aliphatic heterocycles. The molecule has 5 heteroatoms. The number of benzene rings is 2. The molecule has 0 aliphatic rings. The van der Waals surface area contributed by atoms with E-state index in [9.17, 15) is 4.79 Å². The number of nitrogens with zero attached hydrogens (tertiary/aromatic N) is 2. The van der Waals surface area contributed by atoms with Crippen molar-refractivity contribution in [3.05, 3.63) is 58.4 Å². The minimum atomic E-state index is -0.0602. The summed E-state index contributed by atoms with van der Waals surface area (Å²) in [6, 6.07) is 14.4. The van der Waals surface area contributed by atoms with Gasteiger partial charge in [0.1, 0.15) is 0 Å². The second-order valence-corrected chi connectivity index (χ2v) is 7.94. The van der Waals surface area contributed by atoms with Crippen LogP contribution in [0.25, 0.3) is 10.2 Å². The third-order valence-corrected chi connectivity index (χ3v) is 6.09. The summed E-state index contributed by atoms with van der Waals surface area (Å²) in [6.07, 6.45) is 0.450. The molecule has 0 spiro atoms. The van der Waals surface area contributed by atoms with Gasteiger partial charge in [0.25, 0.3) is 0 Å². The smallest absolute Gasteiger partial charge is 0.249 e. The molecule has 0 saturated carbocycles. The van der Waals surface area contributed by atoms with Gasteiger partial charge in [0.05, 0.1) is 10.2 Å². The lowest BCUT2D eigenvalue weighted by Crippen LogP contribution is -2.13. The Bertz CT molecular complexity index is 939. The first kappa shape index (κ1) is 17.0. The standard InChI is InChI=1S/C19H20N2OS2/c1-13-11-14(2)18-16(12-13)21(3)19(24-18)20-17(22)9-10-23-15-7-5-4-6-8-15/h4-8,11-12H,9-10H2,1-3H3. The van der Waals surface area contributed by atoms with Crippen LogP contribution in [0, 0.1) is 13.8 Å². The van der Waals surface area contributed by atoms with E-state index in [1.54, 1.807) is 23.1 Å². The number of aromatic nitrogens is 1. The van der Waals surface area contributed by atoms with Gasteiger partial charge in [-0.25, -0.2) is 0 Å². The summed E-state index contributed by atoms with van der Waals surface area (Å²) in [5.41, 5.74) is 3.60. The summed E-state index contributed by atoms with van der Waals surface area (Å²) in [6.45, 7) is 4.20. The maximum absolute atomic E-state index is 12.2. The number of carbonyl (C=O) groups is 1. The number of amides is 1. The fraction of sp³-hybridized carbons (Fsp3) is 0.263. The molecule has 0 saturated heterocycles. The number of thioether (sulfide) groups is 1. The second-order valence-electron chi connectivity index (χ2n) is 5.79. The lowest BCUT2D eigenvalue weighted by atomic mass is 10.1. The highest BCUT2D eigenvalue weighted by Gasteiger charge is 2.08. The Morgan fingerprint density at radius 3 is 2.71 bits per heavy atom. The van der Waals surface area contributed by atoms with E-state index in [-0.39, 0.29) is 5.91 Å². The fourth-order valence-corrected chi connectivity index (χ4v) is 4.56. The first-order valence-electron chi connectivity index (χ1n) is 7.87. The van der Waals surface area contributed by atoms with Gasteiger partial charge < -0.3 is 4.57 Å². The quantitative estimate of drug-likeness (QED) is 0.647. The van der Waals surface area contributed by atoms with E-state index >= 15 is 0 Å². The number of rotatable bonds is 4. The van der Waals surface area contributed by atoms with E-state index in [1.165, 1.54) is 20.7 Å². The number of hydrogen-bond donors (Lipinski definition) is 0. The number of thiazole rings is 1. The summed E-state index contributed by atoms with van der Waals surface area (Å²) in [7, 11) is 1.97. The predicted molar refractivity (Wildman–Crippen MR) is 103 cm³/mol. The van der Waals surface area contributed by atoms with Gasteiger partial charge in [-0.2, -0.15) is 4.99 Å². The Hall–Kier alpha value is -1.85. The molecule has 1 aromatic heterocycles.